The number of imidazole rings is 1. The molecule has 3 nitrogen and oxygen atoms in total. The van der Waals surface area contributed by atoms with Gasteiger partial charge in [0.1, 0.15) is 5.82 Å². The van der Waals surface area contributed by atoms with Crippen molar-refractivity contribution in [2.75, 3.05) is 0 Å². The standard InChI is InChI=1S/C12H10FN3S2/c13-8-1-2-10-11(5-8)16(12(17)15-10)4-3-9-6-18-7-14-9/h1-2,5-7H,3-4H2,(H,15,17). The summed E-state index contributed by atoms with van der Waals surface area (Å²) in [6, 6.07) is 4.64. The number of aryl methyl sites for hydroxylation is 2. The Balaban J connectivity index is 1.98. The Morgan fingerprint density at radius 1 is 1.44 bits per heavy atom. The third kappa shape index (κ3) is 2.09. The molecule has 0 saturated heterocycles. The van der Waals surface area contributed by atoms with Crippen molar-refractivity contribution in [2.24, 2.45) is 0 Å². The van der Waals surface area contributed by atoms with Gasteiger partial charge in [-0.2, -0.15) is 0 Å². The van der Waals surface area contributed by atoms with Crippen LogP contribution in [-0.4, -0.2) is 14.5 Å². The number of nitrogens with zero attached hydrogens (tertiary/aromatic N) is 2. The smallest absolute Gasteiger partial charge is 0.178 e. The zero-order valence-corrected chi connectivity index (χ0v) is 11.0. The van der Waals surface area contributed by atoms with Gasteiger partial charge in [0.2, 0.25) is 0 Å². The van der Waals surface area contributed by atoms with Crippen LogP contribution in [0.1, 0.15) is 5.69 Å². The predicted molar refractivity (Wildman–Crippen MR) is 72.9 cm³/mol. The number of aromatic nitrogens is 3. The topological polar surface area (TPSA) is 33.6 Å². The molecule has 3 aromatic rings. The highest BCUT2D eigenvalue weighted by molar-refractivity contribution is 7.71. The van der Waals surface area contributed by atoms with Gasteiger partial charge in [-0.25, -0.2) is 9.37 Å². The Morgan fingerprint density at radius 3 is 3.11 bits per heavy atom. The van der Waals surface area contributed by atoms with Gasteiger partial charge in [-0.1, -0.05) is 0 Å². The first-order valence-corrected chi connectivity index (χ1v) is 6.84. The lowest BCUT2D eigenvalue weighted by Crippen LogP contribution is -2.01. The van der Waals surface area contributed by atoms with Gasteiger partial charge in [-0.15, -0.1) is 11.3 Å². The minimum Gasteiger partial charge on any atom is -0.331 e. The molecule has 0 aliphatic carbocycles. The van der Waals surface area contributed by atoms with Crippen molar-refractivity contribution < 1.29 is 4.39 Å². The van der Waals surface area contributed by atoms with Gasteiger partial charge in [-0.05, 0) is 30.4 Å². The molecule has 6 heteroatoms. The largest absolute Gasteiger partial charge is 0.331 e. The van der Waals surface area contributed by atoms with E-state index in [2.05, 4.69) is 9.97 Å². The van der Waals surface area contributed by atoms with Crippen LogP contribution in [0.15, 0.2) is 29.1 Å². The maximum Gasteiger partial charge on any atom is 0.178 e. The quantitative estimate of drug-likeness (QED) is 0.744. The summed E-state index contributed by atoms with van der Waals surface area (Å²) in [4.78, 5) is 7.31. The van der Waals surface area contributed by atoms with Crippen LogP contribution in [-0.2, 0) is 13.0 Å². The fourth-order valence-corrected chi connectivity index (χ4v) is 2.83. The van der Waals surface area contributed by atoms with E-state index in [-0.39, 0.29) is 5.82 Å². The average molecular weight is 279 g/mol. The Labute approximate surface area is 112 Å². The summed E-state index contributed by atoms with van der Waals surface area (Å²) < 4.78 is 15.8. The van der Waals surface area contributed by atoms with Crippen molar-refractivity contribution in [3.63, 3.8) is 0 Å². The molecule has 1 N–H and O–H groups in total. The number of thiazole rings is 1. The summed E-state index contributed by atoms with van der Waals surface area (Å²) >= 11 is 6.83. The summed E-state index contributed by atoms with van der Waals surface area (Å²) in [6.45, 7) is 0.700. The summed E-state index contributed by atoms with van der Waals surface area (Å²) in [5.41, 5.74) is 4.51. The molecule has 0 fully saturated rings. The molecule has 18 heavy (non-hydrogen) atoms. The lowest BCUT2D eigenvalue weighted by Gasteiger charge is -2.02. The second-order valence-electron chi connectivity index (χ2n) is 3.97. The maximum absolute atomic E-state index is 13.3. The van der Waals surface area contributed by atoms with E-state index < -0.39 is 0 Å². The number of benzene rings is 1. The molecule has 2 heterocycles. The first kappa shape index (κ1) is 11.6. The number of hydrogen-bond acceptors (Lipinski definition) is 3. The molecular formula is C12H10FN3S2. The van der Waals surface area contributed by atoms with E-state index in [9.17, 15) is 4.39 Å². The first-order chi connectivity index (χ1) is 8.74. The van der Waals surface area contributed by atoms with E-state index in [1.807, 2.05) is 15.5 Å². The number of aromatic amines is 1. The van der Waals surface area contributed by atoms with Crippen LogP contribution in [0.4, 0.5) is 4.39 Å². The van der Waals surface area contributed by atoms with Crippen LogP contribution in [0.2, 0.25) is 0 Å². The molecule has 0 aliphatic rings. The zero-order valence-electron chi connectivity index (χ0n) is 9.39. The van der Waals surface area contributed by atoms with E-state index in [1.165, 1.54) is 12.1 Å². The summed E-state index contributed by atoms with van der Waals surface area (Å²) in [7, 11) is 0. The van der Waals surface area contributed by atoms with E-state index >= 15 is 0 Å². The Hall–Kier alpha value is -1.53. The molecule has 2 aromatic heterocycles. The molecule has 0 atom stereocenters. The lowest BCUT2D eigenvalue weighted by molar-refractivity contribution is 0.627. The highest BCUT2D eigenvalue weighted by atomic mass is 32.1. The maximum atomic E-state index is 13.3. The molecular weight excluding hydrogens is 269 g/mol. The molecule has 0 radical (unpaired) electrons. The van der Waals surface area contributed by atoms with E-state index in [1.54, 1.807) is 17.4 Å². The molecule has 0 amide bonds. The number of hydrogen-bond donors (Lipinski definition) is 1. The highest BCUT2D eigenvalue weighted by Gasteiger charge is 2.06. The lowest BCUT2D eigenvalue weighted by atomic mass is 10.3. The molecule has 0 bridgehead atoms. The first-order valence-electron chi connectivity index (χ1n) is 5.49. The molecule has 92 valence electrons. The average Bonchev–Trinajstić information content (AvgIpc) is 2.94. The molecule has 0 aliphatic heterocycles. The van der Waals surface area contributed by atoms with Gasteiger partial charge in [0.05, 0.1) is 22.2 Å². The fraction of sp³-hybridized carbons (Fsp3) is 0.167. The Morgan fingerprint density at radius 2 is 2.33 bits per heavy atom. The molecule has 0 spiro atoms. The predicted octanol–water partition coefficient (Wildman–Crippen LogP) is 3.54. The molecule has 0 saturated carbocycles. The van der Waals surface area contributed by atoms with Crippen LogP contribution in [0.5, 0.6) is 0 Å². The third-order valence-corrected chi connectivity index (χ3v) is 3.77. The van der Waals surface area contributed by atoms with E-state index in [0.717, 1.165) is 23.1 Å². The summed E-state index contributed by atoms with van der Waals surface area (Å²) in [5.74, 6) is -0.251. The van der Waals surface area contributed by atoms with Crippen LogP contribution in [0.25, 0.3) is 11.0 Å². The fourth-order valence-electron chi connectivity index (χ4n) is 1.94. The van der Waals surface area contributed by atoms with Crippen LogP contribution >= 0.6 is 23.6 Å². The molecule has 0 unspecified atom stereocenters. The summed E-state index contributed by atoms with van der Waals surface area (Å²) in [6.07, 6.45) is 0.793. The van der Waals surface area contributed by atoms with Gasteiger partial charge in [0.25, 0.3) is 0 Å². The summed E-state index contributed by atoms with van der Waals surface area (Å²) in [5, 5.41) is 2.01. The number of fused-ring (bicyclic) bond motifs is 1. The van der Waals surface area contributed by atoms with Gasteiger partial charge in [0.15, 0.2) is 4.77 Å². The Bertz CT molecular complexity index is 727. The third-order valence-electron chi connectivity index (χ3n) is 2.81. The monoisotopic (exact) mass is 279 g/mol. The van der Waals surface area contributed by atoms with Crippen LogP contribution < -0.4 is 0 Å². The number of H-pyrrole nitrogens is 1. The van der Waals surface area contributed by atoms with Crippen molar-refractivity contribution in [1.82, 2.24) is 14.5 Å². The minimum atomic E-state index is -0.251. The van der Waals surface area contributed by atoms with Crippen molar-refractivity contribution >= 4 is 34.6 Å². The number of rotatable bonds is 3. The van der Waals surface area contributed by atoms with Crippen molar-refractivity contribution in [3.8, 4) is 0 Å². The Kier molecular flexibility index (Phi) is 2.97. The number of halogens is 1. The van der Waals surface area contributed by atoms with Gasteiger partial charge < -0.3 is 9.55 Å². The highest BCUT2D eigenvalue weighted by Crippen LogP contribution is 2.16. The second kappa shape index (κ2) is 4.62. The van der Waals surface area contributed by atoms with Crippen LogP contribution in [0, 0.1) is 10.6 Å². The van der Waals surface area contributed by atoms with Crippen molar-refractivity contribution in [1.29, 1.82) is 0 Å². The normalized spacial score (nSPS) is 11.2. The van der Waals surface area contributed by atoms with E-state index in [4.69, 9.17) is 12.2 Å². The SMILES string of the molecule is Fc1ccc2[nH]c(=S)n(CCc3cscn3)c2c1. The van der Waals surface area contributed by atoms with Crippen molar-refractivity contribution in [3.05, 3.63) is 45.4 Å². The molecule has 3 rings (SSSR count). The second-order valence-corrected chi connectivity index (χ2v) is 5.08. The van der Waals surface area contributed by atoms with Gasteiger partial charge in [-0.3, -0.25) is 0 Å². The van der Waals surface area contributed by atoms with Gasteiger partial charge in [0, 0.05) is 18.3 Å². The minimum absolute atomic E-state index is 0.251. The van der Waals surface area contributed by atoms with Crippen LogP contribution in [0.3, 0.4) is 0 Å². The van der Waals surface area contributed by atoms with E-state index in [0.29, 0.717) is 11.3 Å². The van der Waals surface area contributed by atoms with Crippen molar-refractivity contribution in [2.45, 2.75) is 13.0 Å². The number of nitrogens with one attached hydrogen (secondary N) is 1. The zero-order chi connectivity index (χ0) is 12.5. The van der Waals surface area contributed by atoms with Gasteiger partial charge >= 0.3 is 0 Å². The molecule has 1 aromatic carbocycles.